The first-order chi connectivity index (χ1) is 14.6. The number of carbonyl (C=O) groups is 2. The molecular weight excluding hydrogens is 376 g/mol. The number of aromatic nitrogens is 2. The maximum absolute atomic E-state index is 12.6. The molecule has 3 aromatic rings. The number of unbranched alkanes of at least 4 members (excludes halogenated alkanes) is 1. The summed E-state index contributed by atoms with van der Waals surface area (Å²) in [5.74, 6) is -0.152. The second kappa shape index (κ2) is 8.95. The number of amides is 2. The van der Waals surface area contributed by atoms with Crippen LogP contribution in [0.1, 0.15) is 31.7 Å². The van der Waals surface area contributed by atoms with Gasteiger partial charge in [0, 0.05) is 24.6 Å². The summed E-state index contributed by atoms with van der Waals surface area (Å²) < 4.78 is 1.85. The van der Waals surface area contributed by atoms with Crippen molar-refractivity contribution >= 4 is 17.6 Å². The van der Waals surface area contributed by atoms with Crippen LogP contribution in [0.25, 0.3) is 16.9 Å². The van der Waals surface area contributed by atoms with Crippen LogP contribution in [0.15, 0.2) is 60.7 Å². The average Bonchev–Trinajstić information content (AvgIpc) is 3.39. The number of benzene rings is 2. The van der Waals surface area contributed by atoms with E-state index in [1.54, 1.807) is 0 Å². The molecule has 0 unspecified atom stereocenters. The van der Waals surface area contributed by atoms with E-state index in [4.69, 9.17) is 0 Å². The Bertz CT molecular complexity index is 1040. The third-order valence-electron chi connectivity index (χ3n) is 5.35. The molecule has 1 aliphatic rings. The number of hydrogen-bond acceptors (Lipinski definition) is 3. The molecule has 1 atom stereocenters. The fourth-order valence-electron chi connectivity index (χ4n) is 3.70. The maximum atomic E-state index is 12.6. The average molecular weight is 402 g/mol. The van der Waals surface area contributed by atoms with Crippen LogP contribution in [-0.2, 0) is 16.0 Å². The van der Waals surface area contributed by atoms with Gasteiger partial charge in [-0.05, 0) is 36.6 Å². The summed E-state index contributed by atoms with van der Waals surface area (Å²) in [6.07, 6.45) is 3.56. The number of para-hydroxylation sites is 1. The molecule has 6 nitrogen and oxygen atoms in total. The normalized spacial score (nSPS) is 15.8. The molecule has 0 saturated carbocycles. The molecule has 2 heterocycles. The van der Waals surface area contributed by atoms with Crippen LogP contribution in [0.2, 0.25) is 0 Å². The zero-order chi connectivity index (χ0) is 20.9. The van der Waals surface area contributed by atoms with Crippen molar-refractivity contribution in [1.82, 2.24) is 15.1 Å². The Balaban J connectivity index is 1.67. The lowest BCUT2D eigenvalue weighted by Gasteiger charge is -2.09. The van der Waals surface area contributed by atoms with E-state index in [0.29, 0.717) is 12.4 Å². The highest BCUT2D eigenvalue weighted by Crippen LogP contribution is 2.27. The molecule has 1 aliphatic heterocycles. The van der Waals surface area contributed by atoms with Crippen molar-refractivity contribution in [2.45, 2.75) is 32.6 Å². The summed E-state index contributed by atoms with van der Waals surface area (Å²) in [4.78, 5) is 24.0. The van der Waals surface area contributed by atoms with Gasteiger partial charge in [-0.15, -0.1) is 5.10 Å². The zero-order valence-corrected chi connectivity index (χ0v) is 17.1. The van der Waals surface area contributed by atoms with E-state index in [9.17, 15) is 9.59 Å². The summed E-state index contributed by atoms with van der Waals surface area (Å²) >= 11 is 0. The molecule has 2 aromatic carbocycles. The maximum Gasteiger partial charge on any atom is 0.230 e. The van der Waals surface area contributed by atoms with Gasteiger partial charge in [0.2, 0.25) is 11.8 Å². The van der Waals surface area contributed by atoms with Gasteiger partial charge in [-0.3, -0.25) is 9.59 Å². The Kier molecular flexibility index (Phi) is 5.93. The lowest BCUT2D eigenvalue weighted by Crippen LogP contribution is -2.24. The number of carbonyl (C=O) groups excluding carboxylic acids is 2. The highest BCUT2D eigenvalue weighted by molar-refractivity contribution is 5.97. The van der Waals surface area contributed by atoms with Gasteiger partial charge in [0.15, 0.2) is 5.82 Å². The quantitative estimate of drug-likeness (QED) is 0.628. The first kappa shape index (κ1) is 19.9. The number of nitrogens with zero attached hydrogens (tertiary/aromatic N) is 2. The van der Waals surface area contributed by atoms with Crippen molar-refractivity contribution in [3.05, 3.63) is 66.2 Å². The summed E-state index contributed by atoms with van der Waals surface area (Å²) in [5, 5.41) is 10.3. The molecule has 0 bridgehead atoms. The number of rotatable bonds is 7. The second-order valence-electron chi connectivity index (χ2n) is 7.66. The molecule has 1 aromatic heterocycles. The van der Waals surface area contributed by atoms with Gasteiger partial charge in [0.25, 0.3) is 0 Å². The summed E-state index contributed by atoms with van der Waals surface area (Å²) in [6.45, 7) is 2.56. The molecule has 4 rings (SSSR count). The molecule has 6 heteroatoms. The molecule has 30 heavy (non-hydrogen) atoms. The van der Waals surface area contributed by atoms with Gasteiger partial charge in [0.05, 0.1) is 17.3 Å². The van der Waals surface area contributed by atoms with Gasteiger partial charge >= 0.3 is 0 Å². The van der Waals surface area contributed by atoms with Crippen LogP contribution >= 0.6 is 0 Å². The Hall–Kier alpha value is -3.41. The van der Waals surface area contributed by atoms with Crippen molar-refractivity contribution in [2.75, 3.05) is 11.9 Å². The molecular formula is C24H26N4O2. The Morgan fingerprint density at radius 1 is 1.17 bits per heavy atom. The first-order valence-electron chi connectivity index (χ1n) is 10.5. The van der Waals surface area contributed by atoms with Crippen LogP contribution in [-0.4, -0.2) is 28.1 Å². The predicted octanol–water partition coefficient (Wildman–Crippen LogP) is 3.96. The van der Waals surface area contributed by atoms with Gasteiger partial charge in [-0.25, -0.2) is 4.68 Å². The van der Waals surface area contributed by atoms with Crippen molar-refractivity contribution < 1.29 is 9.59 Å². The number of nitrogens with one attached hydrogen (secondary N) is 2. The van der Waals surface area contributed by atoms with E-state index < -0.39 is 0 Å². The van der Waals surface area contributed by atoms with Gasteiger partial charge in [-0.1, -0.05) is 49.7 Å². The van der Waals surface area contributed by atoms with E-state index in [2.05, 4.69) is 46.9 Å². The molecule has 1 fully saturated rings. The number of anilines is 1. The monoisotopic (exact) mass is 402 g/mol. The van der Waals surface area contributed by atoms with Crippen LogP contribution in [0, 0.1) is 5.92 Å². The highest BCUT2D eigenvalue weighted by Gasteiger charge is 2.28. The predicted molar refractivity (Wildman–Crippen MR) is 117 cm³/mol. The SMILES string of the molecule is CCCCc1cccc(-c2cc(NC(=O)[C@H]3CNC(=O)C3)nn2-c2ccccc2)c1. The van der Waals surface area contributed by atoms with Crippen LogP contribution < -0.4 is 10.6 Å². The molecule has 2 amide bonds. The molecule has 1 saturated heterocycles. The fourth-order valence-corrected chi connectivity index (χ4v) is 3.70. The highest BCUT2D eigenvalue weighted by atomic mass is 16.2. The first-order valence-corrected chi connectivity index (χ1v) is 10.5. The molecule has 2 N–H and O–H groups in total. The van der Waals surface area contributed by atoms with Crippen LogP contribution in [0.4, 0.5) is 5.82 Å². The Morgan fingerprint density at radius 2 is 2.00 bits per heavy atom. The van der Waals surface area contributed by atoms with Crippen molar-refractivity contribution in [3.8, 4) is 16.9 Å². The van der Waals surface area contributed by atoms with E-state index in [1.807, 2.05) is 41.1 Å². The van der Waals surface area contributed by atoms with Gasteiger partial charge < -0.3 is 10.6 Å². The van der Waals surface area contributed by atoms with Crippen molar-refractivity contribution in [3.63, 3.8) is 0 Å². The zero-order valence-electron chi connectivity index (χ0n) is 17.1. The summed E-state index contributed by atoms with van der Waals surface area (Å²) in [7, 11) is 0. The lowest BCUT2D eigenvalue weighted by molar-refractivity contribution is -0.123. The van der Waals surface area contributed by atoms with Crippen molar-refractivity contribution in [2.24, 2.45) is 5.92 Å². The van der Waals surface area contributed by atoms with E-state index in [-0.39, 0.29) is 24.2 Å². The summed E-state index contributed by atoms with van der Waals surface area (Å²) in [5.41, 5.74) is 4.18. The minimum Gasteiger partial charge on any atom is -0.355 e. The molecule has 0 aliphatic carbocycles. The summed E-state index contributed by atoms with van der Waals surface area (Å²) in [6, 6.07) is 20.2. The van der Waals surface area contributed by atoms with E-state index in [1.165, 1.54) is 5.56 Å². The third kappa shape index (κ3) is 4.43. The fraction of sp³-hybridized carbons (Fsp3) is 0.292. The largest absolute Gasteiger partial charge is 0.355 e. The molecule has 0 radical (unpaired) electrons. The lowest BCUT2D eigenvalue weighted by atomic mass is 10.0. The Labute approximate surface area is 176 Å². The molecule has 0 spiro atoms. The number of hydrogen-bond donors (Lipinski definition) is 2. The van der Waals surface area contributed by atoms with E-state index >= 15 is 0 Å². The second-order valence-corrected chi connectivity index (χ2v) is 7.66. The Morgan fingerprint density at radius 3 is 2.73 bits per heavy atom. The standard InChI is InChI=1S/C24H26N4O2/c1-2-3-8-17-9-7-10-18(13-17)21-15-22(26-24(30)19-14-23(29)25-16-19)27-28(21)20-11-5-4-6-12-20/h4-7,9-13,15,19H,2-3,8,14,16H2,1H3,(H,25,29)(H,26,27,30)/t19-/m1/s1. The van der Waals surface area contributed by atoms with E-state index in [0.717, 1.165) is 36.2 Å². The topological polar surface area (TPSA) is 76.0 Å². The van der Waals surface area contributed by atoms with Gasteiger partial charge in [-0.2, -0.15) is 0 Å². The van der Waals surface area contributed by atoms with Crippen LogP contribution in [0.5, 0.6) is 0 Å². The minimum absolute atomic E-state index is 0.0884. The number of aryl methyl sites for hydroxylation is 1. The van der Waals surface area contributed by atoms with Crippen LogP contribution in [0.3, 0.4) is 0 Å². The minimum atomic E-state index is -0.361. The smallest absolute Gasteiger partial charge is 0.230 e. The van der Waals surface area contributed by atoms with Gasteiger partial charge in [0.1, 0.15) is 0 Å². The van der Waals surface area contributed by atoms with Crippen molar-refractivity contribution in [1.29, 1.82) is 0 Å². The third-order valence-corrected chi connectivity index (χ3v) is 5.35. The molecule has 154 valence electrons.